The summed E-state index contributed by atoms with van der Waals surface area (Å²) in [5.74, 6) is 5.87. The third kappa shape index (κ3) is 3.37. The molecule has 0 atom stereocenters. The topological polar surface area (TPSA) is 50.5 Å². The van der Waals surface area contributed by atoms with Crippen LogP contribution in [-0.4, -0.2) is 12.5 Å². The fraction of sp³-hybridized carbons (Fsp3) is 0.143. The van der Waals surface area contributed by atoms with Gasteiger partial charge in [-0.1, -0.05) is 18.1 Å². The maximum atomic E-state index is 13.1. The number of halogens is 1. The van der Waals surface area contributed by atoms with Crippen molar-refractivity contribution in [1.82, 2.24) is 0 Å². The average Bonchev–Trinajstić information content (AvgIpc) is 2.64. The molecule has 0 saturated carbocycles. The van der Waals surface area contributed by atoms with Crippen LogP contribution in [0.25, 0.3) is 11.0 Å². The summed E-state index contributed by atoms with van der Waals surface area (Å²) in [6.45, 7) is 4.15. The van der Waals surface area contributed by atoms with Gasteiger partial charge >= 0.3 is 5.63 Å². The van der Waals surface area contributed by atoms with E-state index in [4.69, 9.17) is 4.42 Å². The molecule has 0 aliphatic rings. The van der Waals surface area contributed by atoms with Crippen molar-refractivity contribution in [3.05, 3.63) is 73.6 Å². The fourth-order valence-corrected chi connectivity index (χ4v) is 3.44. The molecule has 3 rings (SSSR count). The third-order valence-electron chi connectivity index (χ3n) is 3.99. The largest absolute Gasteiger partial charge is 0.423 e. The highest BCUT2D eigenvalue weighted by molar-refractivity contribution is 14.1. The lowest BCUT2D eigenvalue weighted by molar-refractivity contribution is 0.0987. The molecule has 3 aromatic rings. The summed E-state index contributed by atoms with van der Waals surface area (Å²) in [5, 5.41) is 0.713. The molecule has 1 aromatic heterocycles. The number of hydrogen-bond donors (Lipinski definition) is 0. The summed E-state index contributed by atoms with van der Waals surface area (Å²) in [5.41, 5.74) is 2.06. The molecule has 4 nitrogen and oxygen atoms in total. The molecular weight excluding hydrogens is 441 g/mol. The molecule has 0 bridgehead atoms. The van der Waals surface area contributed by atoms with E-state index in [1.165, 1.54) is 6.07 Å². The molecule has 0 aliphatic carbocycles. The van der Waals surface area contributed by atoms with E-state index >= 15 is 0 Å². The van der Waals surface area contributed by atoms with E-state index in [2.05, 4.69) is 34.4 Å². The molecule has 5 heteroatoms. The van der Waals surface area contributed by atoms with Crippen molar-refractivity contribution in [1.29, 1.82) is 0 Å². The van der Waals surface area contributed by atoms with Gasteiger partial charge in [-0.2, -0.15) is 0 Å². The highest BCUT2D eigenvalue weighted by Crippen LogP contribution is 2.29. The van der Waals surface area contributed by atoms with Gasteiger partial charge in [0.1, 0.15) is 5.58 Å². The Kier molecular flexibility index (Phi) is 5.43. The van der Waals surface area contributed by atoms with E-state index < -0.39 is 5.63 Å². The molecule has 2 aromatic carbocycles. The SMILES string of the molecule is CC#Cc1c(N(CC)C(=O)c2ccccc2I)ccc2oc(=O)ccc12. The first kappa shape index (κ1) is 18.2. The van der Waals surface area contributed by atoms with Crippen LogP contribution in [0.1, 0.15) is 29.8 Å². The minimum absolute atomic E-state index is 0.0895. The molecule has 0 spiro atoms. The smallest absolute Gasteiger partial charge is 0.336 e. The first-order chi connectivity index (χ1) is 12.6. The quantitative estimate of drug-likeness (QED) is 0.332. The predicted octanol–water partition coefficient (Wildman–Crippen LogP) is 4.44. The van der Waals surface area contributed by atoms with Gasteiger partial charge in [-0.15, -0.1) is 5.92 Å². The van der Waals surface area contributed by atoms with Crippen molar-refractivity contribution in [2.24, 2.45) is 0 Å². The normalized spacial score (nSPS) is 10.3. The fourth-order valence-electron chi connectivity index (χ4n) is 2.82. The van der Waals surface area contributed by atoms with Crippen LogP contribution in [0.3, 0.4) is 0 Å². The Labute approximate surface area is 165 Å². The maximum absolute atomic E-state index is 13.1. The van der Waals surface area contributed by atoms with Crippen LogP contribution in [0.5, 0.6) is 0 Å². The summed E-state index contributed by atoms with van der Waals surface area (Å²) >= 11 is 2.16. The summed E-state index contributed by atoms with van der Waals surface area (Å²) < 4.78 is 6.15. The Morgan fingerprint density at radius 2 is 1.92 bits per heavy atom. The zero-order chi connectivity index (χ0) is 18.7. The lowest BCUT2D eigenvalue weighted by Crippen LogP contribution is -2.32. The standard InChI is InChI=1S/C21H16INO3/c1-3-7-14-15-10-13-20(24)26-19(15)12-11-18(14)23(4-2)21(25)16-8-5-6-9-17(16)22/h5-6,8-13H,4H2,1-2H3. The van der Waals surface area contributed by atoms with Crippen LogP contribution >= 0.6 is 22.6 Å². The van der Waals surface area contributed by atoms with Crippen molar-refractivity contribution in [3.8, 4) is 11.8 Å². The van der Waals surface area contributed by atoms with Gasteiger partial charge in [-0.05, 0) is 66.8 Å². The molecule has 1 amide bonds. The van der Waals surface area contributed by atoms with Gasteiger partial charge in [0.2, 0.25) is 0 Å². The van der Waals surface area contributed by atoms with Crippen LogP contribution in [0.2, 0.25) is 0 Å². The van der Waals surface area contributed by atoms with Gasteiger partial charge in [0, 0.05) is 21.6 Å². The van der Waals surface area contributed by atoms with Crippen molar-refractivity contribution < 1.29 is 9.21 Å². The zero-order valence-corrected chi connectivity index (χ0v) is 16.5. The molecule has 0 radical (unpaired) electrons. The number of fused-ring (bicyclic) bond motifs is 1. The second-order valence-corrected chi connectivity index (χ2v) is 6.69. The molecule has 0 unspecified atom stereocenters. The molecule has 0 saturated heterocycles. The maximum Gasteiger partial charge on any atom is 0.336 e. The third-order valence-corrected chi connectivity index (χ3v) is 4.93. The Bertz CT molecular complexity index is 1110. The summed E-state index contributed by atoms with van der Waals surface area (Å²) in [6.07, 6.45) is 0. The lowest BCUT2D eigenvalue weighted by Gasteiger charge is -2.23. The average molecular weight is 457 g/mol. The van der Waals surface area contributed by atoms with E-state index in [0.29, 0.717) is 34.3 Å². The first-order valence-corrected chi connectivity index (χ1v) is 9.20. The van der Waals surface area contributed by atoms with E-state index in [1.54, 1.807) is 30.0 Å². The molecule has 0 fully saturated rings. The van der Waals surface area contributed by atoms with Gasteiger partial charge in [-0.25, -0.2) is 4.79 Å². The van der Waals surface area contributed by atoms with Crippen LogP contribution in [-0.2, 0) is 0 Å². The number of nitrogens with zero attached hydrogens (tertiary/aromatic N) is 1. The van der Waals surface area contributed by atoms with Crippen LogP contribution in [0.15, 0.2) is 57.7 Å². The van der Waals surface area contributed by atoms with Crippen molar-refractivity contribution in [2.75, 3.05) is 11.4 Å². The summed E-state index contributed by atoms with van der Waals surface area (Å²) in [7, 11) is 0. The van der Waals surface area contributed by atoms with E-state index in [0.717, 1.165) is 3.57 Å². The zero-order valence-electron chi connectivity index (χ0n) is 14.4. The van der Waals surface area contributed by atoms with E-state index in [9.17, 15) is 9.59 Å². The highest BCUT2D eigenvalue weighted by Gasteiger charge is 2.21. The van der Waals surface area contributed by atoms with Crippen molar-refractivity contribution in [2.45, 2.75) is 13.8 Å². The summed E-state index contributed by atoms with van der Waals surface area (Å²) in [4.78, 5) is 26.3. The summed E-state index contributed by atoms with van der Waals surface area (Å²) in [6, 6.07) is 14.0. The van der Waals surface area contributed by atoms with E-state index in [-0.39, 0.29) is 5.91 Å². The molecule has 0 N–H and O–H groups in total. The second-order valence-electron chi connectivity index (χ2n) is 5.53. The van der Waals surface area contributed by atoms with Gasteiger partial charge in [0.15, 0.2) is 0 Å². The van der Waals surface area contributed by atoms with Crippen molar-refractivity contribution in [3.63, 3.8) is 0 Å². The monoisotopic (exact) mass is 457 g/mol. The predicted molar refractivity (Wildman–Crippen MR) is 112 cm³/mol. The van der Waals surface area contributed by atoms with Gasteiger partial charge in [-0.3, -0.25) is 4.79 Å². The Morgan fingerprint density at radius 3 is 2.62 bits per heavy atom. The van der Waals surface area contributed by atoms with Crippen LogP contribution in [0.4, 0.5) is 5.69 Å². The first-order valence-electron chi connectivity index (χ1n) is 8.12. The number of hydrogen-bond acceptors (Lipinski definition) is 3. The number of rotatable bonds is 3. The van der Waals surface area contributed by atoms with Crippen LogP contribution in [0, 0.1) is 15.4 Å². The molecule has 130 valence electrons. The van der Waals surface area contributed by atoms with Crippen molar-refractivity contribution >= 4 is 45.2 Å². The second kappa shape index (κ2) is 7.75. The molecule has 1 heterocycles. The number of amides is 1. The molecule has 0 aliphatic heterocycles. The Balaban J connectivity index is 2.21. The molecule has 26 heavy (non-hydrogen) atoms. The Hall–Kier alpha value is -2.59. The number of carbonyl (C=O) groups is 1. The van der Waals surface area contributed by atoms with Gasteiger partial charge in [0.25, 0.3) is 5.91 Å². The lowest BCUT2D eigenvalue weighted by atomic mass is 10.0. The number of benzene rings is 2. The van der Waals surface area contributed by atoms with Gasteiger partial charge in [0.05, 0.1) is 16.8 Å². The minimum atomic E-state index is -0.414. The van der Waals surface area contributed by atoms with E-state index in [1.807, 2.05) is 31.2 Å². The number of anilines is 1. The molecular formula is C21H16INO3. The van der Waals surface area contributed by atoms with Gasteiger partial charge < -0.3 is 9.32 Å². The Morgan fingerprint density at radius 1 is 1.15 bits per heavy atom. The highest BCUT2D eigenvalue weighted by atomic mass is 127. The van der Waals surface area contributed by atoms with Crippen LogP contribution < -0.4 is 10.5 Å². The minimum Gasteiger partial charge on any atom is -0.423 e. The number of carbonyl (C=O) groups excluding carboxylic acids is 1.